The summed E-state index contributed by atoms with van der Waals surface area (Å²) in [5.41, 5.74) is 2.22. The molecular formula is C15H21NO2. The molecule has 0 aliphatic heterocycles. The van der Waals surface area contributed by atoms with E-state index < -0.39 is 0 Å². The molecule has 0 amide bonds. The third kappa shape index (κ3) is 4.51. The molecule has 0 saturated heterocycles. The SMILES string of the molecule is C=C(CNC1CC1)COCc1cccc(OC)c1. The van der Waals surface area contributed by atoms with Gasteiger partial charge in [0.05, 0.1) is 20.3 Å². The summed E-state index contributed by atoms with van der Waals surface area (Å²) in [6, 6.07) is 8.65. The van der Waals surface area contributed by atoms with Crippen LogP contribution in [0.1, 0.15) is 18.4 Å². The van der Waals surface area contributed by atoms with Gasteiger partial charge in [-0.3, -0.25) is 0 Å². The van der Waals surface area contributed by atoms with Crippen LogP contribution >= 0.6 is 0 Å². The Labute approximate surface area is 109 Å². The van der Waals surface area contributed by atoms with Crippen LogP contribution in [0, 0.1) is 0 Å². The molecule has 0 spiro atoms. The summed E-state index contributed by atoms with van der Waals surface area (Å²) in [7, 11) is 1.67. The highest BCUT2D eigenvalue weighted by Crippen LogP contribution is 2.18. The minimum atomic E-state index is 0.597. The van der Waals surface area contributed by atoms with Crippen LogP contribution < -0.4 is 10.1 Å². The zero-order valence-corrected chi connectivity index (χ0v) is 10.9. The summed E-state index contributed by atoms with van der Waals surface area (Å²) in [5, 5.41) is 3.42. The molecule has 0 heterocycles. The molecular weight excluding hydrogens is 226 g/mol. The van der Waals surface area contributed by atoms with E-state index in [0.717, 1.165) is 29.5 Å². The Kier molecular flexibility index (Phi) is 4.79. The maximum absolute atomic E-state index is 5.64. The van der Waals surface area contributed by atoms with E-state index in [9.17, 15) is 0 Å². The molecule has 3 heteroatoms. The van der Waals surface area contributed by atoms with Crippen molar-refractivity contribution in [1.29, 1.82) is 0 Å². The Morgan fingerprint density at radius 2 is 2.28 bits per heavy atom. The fraction of sp³-hybridized carbons (Fsp3) is 0.467. The Morgan fingerprint density at radius 3 is 3.00 bits per heavy atom. The molecule has 3 nitrogen and oxygen atoms in total. The lowest BCUT2D eigenvalue weighted by molar-refractivity contribution is 0.141. The van der Waals surface area contributed by atoms with Crippen LogP contribution in [0.25, 0.3) is 0 Å². The van der Waals surface area contributed by atoms with Crippen molar-refractivity contribution in [3.63, 3.8) is 0 Å². The minimum Gasteiger partial charge on any atom is -0.497 e. The van der Waals surface area contributed by atoms with Crippen LogP contribution in [0.4, 0.5) is 0 Å². The van der Waals surface area contributed by atoms with E-state index in [1.165, 1.54) is 12.8 Å². The van der Waals surface area contributed by atoms with Crippen molar-refractivity contribution in [2.75, 3.05) is 20.3 Å². The predicted octanol–water partition coefficient (Wildman–Crippen LogP) is 2.52. The van der Waals surface area contributed by atoms with Gasteiger partial charge in [0, 0.05) is 12.6 Å². The number of methoxy groups -OCH3 is 1. The number of hydrogen-bond acceptors (Lipinski definition) is 3. The van der Waals surface area contributed by atoms with E-state index in [2.05, 4.69) is 11.9 Å². The first kappa shape index (κ1) is 13.1. The second kappa shape index (κ2) is 6.57. The second-order valence-electron chi connectivity index (χ2n) is 4.75. The quantitative estimate of drug-likeness (QED) is 0.716. The molecule has 0 radical (unpaired) electrons. The smallest absolute Gasteiger partial charge is 0.119 e. The van der Waals surface area contributed by atoms with Crippen LogP contribution in [0.15, 0.2) is 36.4 Å². The van der Waals surface area contributed by atoms with Gasteiger partial charge in [0.25, 0.3) is 0 Å². The topological polar surface area (TPSA) is 30.5 Å². The molecule has 1 saturated carbocycles. The monoisotopic (exact) mass is 247 g/mol. The molecule has 1 aromatic rings. The van der Waals surface area contributed by atoms with E-state index in [1.54, 1.807) is 7.11 Å². The molecule has 0 bridgehead atoms. The molecule has 1 aliphatic carbocycles. The zero-order valence-electron chi connectivity index (χ0n) is 10.9. The molecule has 18 heavy (non-hydrogen) atoms. The minimum absolute atomic E-state index is 0.597. The highest BCUT2D eigenvalue weighted by molar-refractivity contribution is 5.27. The summed E-state index contributed by atoms with van der Waals surface area (Å²) < 4.78 is 10.8. The zero-order chi connectivity index (χ0) is 12.8. The first-order valence-corrected chi connectivity index (χ1v) is 6.38. The molecule has 0 atom stereocenters. The van der Waals surface area contributed by atoms with E-state index in [4.69, 9.17) is 9.47 Å². The molecule has 1 fully saturated rings. The van der Waals surface area contributed by atoms with Crippen LogP contribution in [-0.2, 0) is 11.3 Å². The van der Waals surface area contributed by atoms with Crippen molar-refractivity contribution in [3.05, 3.63) is 42.0 Å². The first-order valence-electron chi connectivity index (χ1n) is 6.38. The number of rotatable bonds is 8. The predicted molar refractivity (Wildman–Crippen MR) is 72.8 cm³/mol. The van der Waals surface area contributed by atoms with E-state index in [-0.39, 0.29) is 0 Å². The molecule has 2 rings (SSSR count). The van der Waals surface area contributed by atoms with Crippen LogP contribution in [0.3, 0.4) is 0 Å². The van der Waals surface area contributed by atoms with Gasteiger partial charge in [-0.2, -0.15) is 0 Å². The van der Waals surface area contributed by atoms with Crippen molar-refractivity contribution in [1.82, 2.24) is 5.32 Å². The molecule has 0 unspecified atom stereocenters. The van der Waals surface area contributed by atoms with Crippen molar-refractivity contribution >= 4 is 0 Å². The maximum Gasteiger partial charge on any atom is 0.119 e. The van der Waals surface area contributed by atoms with Crippen molar-refractivity contribution in [2.24, 2.45) is 0 Å². The Balaban J connectivity index is 1.65. The average Bonchev–Trinajstić information content (AvgIpc) is 3.21. The fourth-order valence-corrected chi connectivity index (χ4v) is 1.70. The summed E-state index contributed by atoms with van der Waals surface area (Å²) in [6.07, 6.45) is 2.61. The van der Waals surface area contributed by atoms with Gasteiger partial charge in [0.15, 0.2) is 0 Å². The van der Waals surface area contributed by atoms with Gasteiger partial charge in [-0.05, 0) is 36.1 Å². The fourth-order valence-electron chi connectivity index (χ4n) is 1.70. The van der Waals surface area contributed by atoms with E-state index >= 15 is 0 Å². The van der Waals surface area contributed by atoms with Crippen LogP contribution in [-0.4, -0.2) is 26.3 Å². The maximum atomic E-state index is 5.64. The van der Waals surface area contributed by atoms with Gasteiger partial charge in [0.1, 0.15) is 5.75 Å². The van der Waals surface area contributed by atoms with Gasteiger partial charge in [-0.25, -0.2) is 0 Å². The Bertz CT molecular complexity index is 399. The number of hydrogen-bond donors (Lipinski definition) is 1. The molecule has 1 aliphatic rings. The normalized spacial score (nSPS) is 14.5. The van der Waals surface area contributed by atoms with Crippen LogP contribution in [0.5, 0.6) is 5.75 Å². The number of nitrogens with one attached hydrogen (secondary N) is 1. The highest BCUT2D eigenvalue weighted by Gasteiger charge is 2.19. The van der Waals surface area contributed by atoms with Gasteiger partial charge in [-0.15, -0.1) is 0 Å². The van der Waals surface area contributed by atoms with Crippen molar-refractivity contribution in [3.8, 4) is 5.75 Å². The average molecular weight is 247 g/mol. The third-order valence-electron chi connectivity index (χ3n) is 2.93. The first-order chi connectivity index (χ1) is 8.78. The van der Waals surface area contributed by atoms with E-state index in [1.807, 2.05) is 24.3 Å². The van der Waals surface area contributed by atoms with Gasteiger partial charge >= 0.3 is 0 Å². The molecule has 98 valence electrons. The van der Waals surface area contributed by atoms with Gasteiger partial charge in [0.2, 0.25) is 0 Å². The summed E-state index contributed by atoms with van der Waals surface area (Å²) in [6.45, 7) is 6.08. The van der Waals surface area contributed by atoms with E-state index in [0.29, 0.717) is 13.2 Å². The molecule has 1 N–H and O–H groups in total. The Hall–Kier alpha value is -1.32. The largest absolute Gasteiger partial charge is 0.497 e. The molecule has 0 aromatic heterocycles. The lowest BCUT2D eigenvalue weighted by Gasteiger charge is -2.09. The third-order valence-corrected chi connectivity index (χ3v) is 2.93. The Morgan fingerprint density at radius 1 is 1.44 bits per heavy atom. The summed E-state index contributed by atoms with van der Waals surface area (Å²) >= 11 is 0. The standard InChI is InChI=1S/C15H21NO2/c1-12(9-16-14-6-7-14)10-18-11-13-4-3-5-15(8-13)17-2/h3-5,8,14,16H,1,6-7,9-11H2,2H3. The molecule has 1 aromatic carbocycles. The van der Waals surface area contributed by atoms with Gasteiger partial charge < -0.3 is 14.8 Å². The number of benzene rings is 1. The van der Waals surface area contributed by atoms with Crippen LogP contribution in [0.2, 0.25) is 0 Å². The van der Waals surface area contributed by atoms with Gasteiger partial charge in [-0.1, -0.05) is 18.7 Å². The lowest BCUT2D eigenvalue weighted by atomic mass is 10.2. The highest BCUT2D eigenvalue weighted by atomic mass is 16.5. The summed E-state index contributed by atoms with van der Waals surface area (Å²) in [4.78, 5) is 0. The van der Waals surface area contributed by atoms with Crippen molar-refractivity contribution < 1.29 is 9.47 Å². The number of ether oxygens (including phenoxy) is 2. The lowest BCUT2D eigenvalue weighted by Crippen LogP contribution is -2.20. The second-order valence-corrected chi connectivity index (χ2v) is 4.75. The van der Waals surface area contributed by atoms with Crippen molar-refractivity contribution in [2.45, 2.75) is 25.5 Å². The summed E-state index contributed by atoms with van der Waals surface area (Å²) in [5.74, 6) is 0.866.